The topological polar surface area (TPSA) is 99.1 Å². The molecule has 31 heavy (non-hydrogen) atoms. The summed E-state index contributed by atoms with van der Waals surface area (Å²) in [5.41, 5.74) is 2.95. The number of ether oxygens (including phenoxy) is 1. The van der Waals surface area contributed by atoms with Crippen molar-refractivity contribution in [2.24, 2.45) is 0 Å². The number of benzene rings is 2. The molecule has 1 unspecified atom stereocenters. The van der Waals surface area contributed by atoms with Crippen molar-refractivity contribution in [1.29, 1.82) is 0 Å². The summed E-state index contributed by atoms with van der Waals surface area (Å²) < 4.78 is 31.3. The van der Waals surface area contributed by atoms with Crippen LogP contribution < -0.4 is 10.2 Å². The van der Waals surface area contributed by atoms with Crippen molar-refractivity contribution in [1.82, 2.24) is 10.4 Å². The molecule has 7 nitrogen and oxygen atoms in total. The predicted octanol–water partition coefficient (Wildman–Crippen LogP) is 2.62. The lowest BCUT2D eigenvalue weighted by Gasteiger charge is -2.44. The van der Waals surface area contributed by atoms with Gasteiger partial charge in [0, 0.05) is 25.6 Å². The van der Waals surface area contributed by atoms with E-state index in [0.717, 1.165) is 6.42 Å². The van der Waals surface area contributed by atoms with Crippen molar-refractivity contribution in [3.63, 3.8) is 0 Å². The van der Waals surface area contributed by atoms with Crippen molar-refractivity contribution in [3.05, 3.63) is 60.2 Å². The normalized spacial score (nSPS) is 18.1. The molecule has 2 aromatic rings. The van der Waals surface area contributed by atoms with Crippen LogP contribution in [0.2, 0.25) is 0 Å². The molecule has 0 saturated carbocycles. The van der Waals surface area contributed by atoms with E-state index in [9.17, 15) is 18.7 Å². The lowest BCUT2D eigenvalue weighted by Crippen LogP contribution is -2.60. The first kappa shape index (κ1) is 23.7. The molecule has 2 aromatic carbocycles. The van der Waals surface area contributed by atoms with Gasteiger partial charge in [-0.3, -0.25) is 0 Å². The molecular formula is C23H32N2O5S. The van der Waals surface area contributed by atoms with Gasteiger partial charge in [-0.2, -0.15) is 5.48 Å². The maximum Gasteiger partial charge on any atom is 0.188 e. The fraction of sp³-hybridized carbons (Fsp3) is 0.478. The standard InChI is InChI=1S/C23H32N2O5S/c1-18(2)25-15-13-23(14-16-25,22(26)24-27)31(28,29)21-10-8-20(9-11-21)30-17-12-19-6-4-3-5-7-19/h3-11,18,22,24,26-27H,12-17H2,1-2H3. The molecule has 1 heterocycles. The maximum absolute atomic E-state index is 13.5. The quantitative estimate of drug-likeness (QED) is 0.401. The van der Waals surface area contributed by atoms with E-state index < -0.39 is 20.8 Å². The number of hydrogen-bond donors (Lipinski definition) is 3. The SMILES string of the molecule is CC(C)N1CCC(C(O)NO)(S(=O)(=O)c2ccc(OCCc3ccccc3)cc2)CC1. The summed E-state index contributed by atoms with van der Waals surface area (Å²) in [6.07, 6.45) is -0.381. The molecule has 1 atom stereocenters. The monoisotopic (exact) mass is 448 g/mol. The summed E-state index contributed by atoms with van der Waals surface area (Å²) in [6, 6.07) is 16.5. The van der Waals surface area contributed by atoms with Gasteiger partial charge in [-0.1, -0.05) is 30.3 Å². The van der Waals surface area contributed by atoms with Gasteiger partial charge < -0.3 is 20.0 Å². The number of nitrogens with zero attached hydrogens (tertiary/aromatic N) is 1. The first-order valence-corrected chi connectivity index (χ1v) is 12.1. The number of aliphatic hydroxyl groups is 1. The minimum absolute atomic E-state index is 0.107. The Balaban J connectivity index is 1.73. The van der Waals surface area contributed by atoms with Crippen LogP contribution in [0.3, 0.4) is 0 Å². The first-order chi connectivity index (χ1) is 14.8. The van der Waals surface area contributed by atoms with Gasteiger partial charge in [0.05, 0.1) is 11.5 Å². The van der Waals surface area contributed by atoms with Crippen molar-refractivity contribution in [3.8, 4) is 5.75 Å². The van der Waals surface area contributed by atoms with Gasteiger partial charge in [0.25, 0.3) is 0 Å². The molecule has 0 amide bonds. The fourth-order valence-electron chi connectivity index (χ4n) is 4.11. The average Bonchev–Trinajstić information content (AvgIpc) is 2.79. The number of piperidine rings is 1. The molecular weight excluding hydrogens is 416 g/mol. The minimum atomic E-state index is -3.92. The van der Waals surface area contributed by atoms with Crippen LogP contribution in [0.25, 0.3) is 0 Å². The summed E-state index contributed by atoms with van der Waals surface area (Å²) in [4.78, 5) is 2.27. The fourth-order valence-corrected chi connectivity index (χ4v) is 6.14. The molecule has 3 rings (SSSR count). The Morgan fingerprint density at radius 3 is 2.23 bits per heavy atom. The van der Waals surface area contributed by atoms with Crippen LogP contribution in [0, 0.1) is 0 Å². The molecule has 1 fully saturated rings. The summed E-state index contributed by atoms with van der Waals surface area (Å²) in [5.74, 6) is 0.583. The molecule has 1 aliphatic heterocycles. The van der Waals surface area contributed by atoms with Gasteiger partial charge in [-0.25, -0.2) is 8.42 Å². The van der Waals surface area contributed by atoms with E-state index in [1.807, 2.05) is 30.3 Å². The Hall–Kier alpha value is -1.97. The molecule has 1 aliphatic rings. The Morgan fingerprint density at radius 1 is 1.06 bits per heavy atom. The summed E-state index contributed by atoms with van der Waals surface area (Å²) >= 11 is 0. The molecule has 1 saturated heterocycles. The van der Waals surface area contributed by atoms with Crippen LogP contribution >= 0.6 is 0 Å². The Labute approximate surface area is 184 Å². The number of hydrogen-bond acceptors (Lipinski definition) is 7. The van der Waals surface area contributed by atoms with Crippen LogP contribution in [-0.2, 0) is 16.3 Å². The molecule has 0 bridgehead atoms. The largest absolute Gasteiger partial charge is 0.493 e. The third-order valence-electron chi connectivity index (χ3n) is 6.17. The summed E-state index contributed by atoms with van der Waals surface area (Å²) in [5, 5.41) is 19.8. The van der Waals surface area contributed by atoms with Crippen molar-refractivity contribution >= 4 is 9.84 Å². The third kappa shape index (κ3) is 5.10. The van der Waals surface area contributed by atoms with Crippen LogP contribution in [-0.4, -0.2) is 60.3 Å². The highest BCUT2D eigenvalue weighted by molar-refractivity contribution is 7.93. The number of sulfone groups is 1. The zero-order valence-electron chi connectivity index (χ0n) is 18.1. The van der Waals surface area contributed by atoms with Crippen molar-refractivity contribution in [2.75, 3.05) is 19.7 Å². The van der Waals surface area contributed by atoms with Crippen LogP contribution in [0.5, 0.6) is 5.75 Å². The van der Waals surface area contributed by atoms with E-state index in [4.69, 9.17) is 4.74 Å². The van der Waals surface area contributed by atoms with E-state index in [0.29, 0.717) is 25.4 Å². The van der Waals surface area contributed by atoms with Gasteiger partial charge in [0.1, 0.15) is 16.7 Å². The molecule has 0 spiro atoms. The first-order valence-electron chi connectivity index (χ1n) is 10.6. The molecule has 0 radical (unpaired) electrons. The number of hydroxylamine groups is 1. The Bertz CT molecular complexity index is 924. The van der Waals surface area contributed by atoms with Gasteiger partial charge in [-0.05, 0) is 56.5 Å². The Kier molecular flexibility index (Phi) is 7.72. The highest BCUT2D eigenvalue weighted by Gasteiger charge is 2.52. The number of nitrogens with one attached hydrogen (secondary N) is 1. The smallest absolute Gasteiger partial charge is 0.188 e. The highest BCUT2D eigenvalue weighted by Crippen LogP contribution is 2.38. The van der Waals surface area contributed by atoms with Crippen LogP contribution in [0.15, 0.2) is 59.5 Å². The van der Waals surface area contributed by atoms with Gasteiger partial charge in [-0.15, -0.1) is 0 Å². The lowest BCUT2D eigenvalue weighted by atomic mass is 9.93. The van der Waals surface area contributed by atoms with Gasteiger partial charge in [0.2, 0.25) is 0 Å². The second-order valence-electron chi connectivity index (χ2n) is 8.29. The number of aliphatic hydroxyl groups excluding tert-OH is 1. The number of rotatable bonds is 9. The van der Waals surface area contributed by atoms with E-state index in [-0.39, 0.29) is 23.8 Å². The van der Waals surface area contributed by atoms with Crippen LogP contribution in [0.4, 0.5) is 0 Å². The predicted molar refractivity (Wildman–Crippen MR) is 119 cm³/mol. The summed E-state index contributed by atoms with van der Waals surface area (Å²) in [6.45, 7) is 5.64. The van der Waals surface area contributed by atoms with Crippen LogP contribution in [0.1, 0.15) is 32.3 Å². The number of likely N-dealkylation sites (tertiary alicyclic amines) is 1. The van der Waals surface area contributed by atoms with E-state index in [1.165, 1.54) is 17.7 Å². The van der Waals surface area contributed by atoms with E-state index in [2.05, 4.69) is 18.7 Å². The lowest BCUT2D eigenvalue weighted by molar-refractivity contribution is -0.0407. The van der Waals surface area contributed by atoms with E-state index >= 15 is 0 Å². The minimum Gasteiger partial charge on any atom is -0.493 e. The molecule has 0 aromatic heterocycles. The summed E-state index contributed by atoms with van der Waals surface area (Å²) in [7, 11) is -3.92. The molecule has 170 valence electrons. The maximum atomic E-state index is 13.5. The molecule has 8 heteroatoms. The molecule has 0 aliphatic carbocycles. The van der Waals surface area contributed by atoms with E-state index in [1.54, 1.807) is 17.6 Å². The zero-order chi connectivity index (χ0) is 22.5. The van der Waals surface area contributed by atoms with Crippen molar-refractivity contribution < 1.29 is 23.5 Å². The average molecular weight is 449 g/mol. The Morgan fingerprint density at radius 2 is 1.68 bits per heavy atom. The second-order valence-corrected chi connectivity index (χ2v) is 10.6. The highest BCUT2D eigenvalue weighted by atomic mass is 32.2. The zero-order valence-corrected chi connectivity index (χ0v) is 18.9. The van der Waals surface area contributed by atoms with Gasteiger partial charge >= 0.3 is 0 Å². The van der Waals surface area contributed by atoms with Crippen molar-refractivity contribution in [2.45, 2.75) is 55.0 Å². The third-order valence-corrected chi connectivity index (χ3v) is 8.76. The molecule has 3 N–H and O–H groups in total. The van der Waals surface area contributed by atoms with Gasteiger partial charge in [0.15, 0.2) is 9.84 Å². The second kappa shape index (κ2) is 10.1.